The van der Waals surface area contributed by atoms with Gasteiger partial charge in [0, 0.05) is 11.1 Å². The van der Waals surface area contributed by atoms with Gasteiger partial charge in [0.05, 0.1) is 11.2 Å². The van der Waals surface area contributed by atoms with E-state index in [1.807, 2.05) is 82.3 Å². The highest BCUT2D eigenvalue weighted by atomic mass is 16.7. The van der Waals surface area contributed by atoms with Crippen molar-refractivity contribution in [2.24, 2.45) is 0 Å². The molecule has 0 atom stereocenters. The lowest BCUT2D eigenvalue weighted by Gasteiger charge is -2.32. The fraction of sp³-hybridized carbons (Fsp3) is 0.300. The average molecular weight is 348 g/mol. The smallest absolute Gasteiger partial charge is 0.416 e. The molecule has 132 valence electrons. The first kappa shape index (κ1) is 17.0. The maximum absolute atomic E-state index is 6.08. The summed E-state index contributed by atoms with van der Waals surface area (Å²) < 4.78 is 18.0. The van der Waals surface area contributed by atoms with Crippen molar-refractivity contribution in [2.75, 3.05) is 0 Å². The molecule has 0 saturated carbocycles. The Bertz CT molecular complexity index is 888. The van der Waals surface area contributed by atoms with Crippen LogP contribution < -0.4 is 5.46 Å². The molecular formula is C20H21BN2O3. The zero-order chi connectivity index (χ0) is 18.4. The molecule has 3 aromatic rings. The van der Waals surface area contributed by atoms with Crippen molar-refractivity contribution in [2.45, 2.75) is 38.9 Å². The molecule has 4 rings (SSSR count). The summed E-state index contributed by atoms with van der Waals surface area (Å²) in [7, 11) is -0.378. The monoisotopic (exact) mass is 348 g/mol. The van der Waals surface area contributed by atoms with Crippen molar-refractivity contribution in [3.63, 3.8) is 0 Å². The molecule has 1 saturated heterocycles. The minimum atomic E-state index is -0.378. The quantitative estimate of drug-likeness (QED) is 0.676. The molecule has 1 aliphatic rings. The van der Waals surface area contributed by atoms with Gasteiger partial charge in [0.1, 0.15) is 0 Å². The summed E-state index contributed by atoms with van der Waals surface area (Å²) in [4.78, 5) is 0. The summed E-state index contributed by atoms with van der Waals surface area (Å²) in [5, 5.41) is 8.29. The number of hydrogen-bond acceptors (Lipinski definition) is 5. The van der Waals surface area contributed by atoms with Crippen LogP contribution in [0.2, 0.25) is 0 Å². The van der Waals surface area contributed by atoms with Gasteiger partial charge in [-0.15, -0.1) is 10.2 Å². The fourth-order valence-electron chi connectivity index (χ4n) is 2.80. The predicted molar refractivity (Wildman–Crippen MR) is 101 cm³/mol. The van der Waals surface area contributed by atoms with Gasteiger partial charge in [0.15, 0.2) is 0 Å². The van der Waals surface area contributed by atoms with Crippen LogP contribution in [0.1, 0.15) is 27.7 Å². The second-order valence-corrected chi connectivity index (χ2v) is 7.49. The Morgan fingerprint density at radius 3 is 1.73 bits per heavy atom. The topological polar surface area (TPSA) is 57.4 Å². The molecule has 26 heavy (non-hydrogen) atoms. The molecule has 0 N–H and O–H groups in total. The summed E-state index contributed by atoms with van der Waals surface area (Å²) in [6, 6.07) is 17.6. The zero-order valence-corrected chi connectivity index (χ0v) is 15.4. The molecule has 0 bridgehead atoms. The van der Waals surface area contributed by atoms with E-state index in [0.29, 0.717) is 11.8 Å². The van der Waals surface area contributed by atoms with Crippen LogP contribution in [-0.4, -0.2) is 28.5 Å². The lowest BCUT2D eigenvalue weighted by molar-refractivity contribution is 0.00578. The maximum Gasteiger partial charge on any atom is 0.494 e. The molecule has 0 aliphatic carbocycles. The van der Waals surface area contributed by atoms with Crippen molar-refractivity contribution in [3.8, 4) is 22.9 Å². The normalized spacial score (nSPS) is 18.2. The molecule has 2 aromatic carbocycles. The minimum Gasteiger partial charge on any atom is -0.416 e. The van der Waals surface area contributed by atoms with E-state index in [1.165, 1.54) is 0 Å². The largest absolute Gasteiger partial charge is 0.494 e. The Morgan fingerprint density at radius 2 is 1.19 bits per heavy atom. The first-order valence-electron chi connectivity index (χ1n) is 8.71. The number of rotatable bonds is 3. The Hall–Kier alpha value is -2.44. The second-order valence-electron chi connectivity index (χ2n) is 7.49. The van der Waals surface area contributed by atoms with Gasteiger partial charge in [-0.25, -0.2) is 0 Å². The van der Waals surface area contributed by atoms with Crippen LogP contribution >= 0.6 is 0 Å². The van der Waals surface area contributed by atoms with E-state index in [0.717, 1.165) is 16.6 Å². The fourth-order valence-corrected chi connectivity index (χ4v) is 2.80. The highest BCUT2D eigenvalue weighted by Gasteiger charge is 2.51. The van der Waals surface area contributed by atoms with Gasteiger partial charge in [-0.05, 0) is 57.4 Å². The summed E-state index contributed by atoms with van der Waals surface area (Å²) >= 11 is 0. The molecular weight excluding hydrogens is 327 g/mol. The molecule has 0 spiro atoms. The molecule has 0 radical (unpaired) electrons. The predicted octanol–water partition coefficient (Wildman–Crippen LogP) is 3.70. The average Bonchev–Trinajstić information content (AvgIpc) is 3.19. The van der Waals surface area contributed by atoms with E-state index in [9.17, 15) is 0 Å². The maximum atomic E-state index is 6.08. The van der Waals surface area contributed by atoms with E-state index in [2.05, 4.69) is 10.2 Å². The van der Waals surface area contributed by atoms with Gasteiger partial charge in [-0.3, -0.25) is 0 Å². The lowest BCUT2D eigenvalue weighted by Crippen LogP contribution is -2.41. The van der Waals surface area contributed by atoms with Crippen LogP contribution in [0.5, 0.6) is 0 Å². The van der Waals surface area contributed by atoms with Gasteiger partial charge in [0.2, 0.25) is 11.8 Å². The summed E-state index contributed by atoms with van der Waals surface area (Å²) in [6.45, 7) is 8.19. The first-order valence-corrected chi connectivity index (χ1v) is 8.71. The molecule has 1 aliphatic heterocycles. The van der Waals surface area contributed by atoms with Crippen molar-refractivity contribution in [3.05, 3.63) is 54.6 Å². The Kier molecular flexibility index (Phi) is 3.97. The van der Waals surface area contributed by atoms with E-state index >= 15 is 0 Å². The molecule has 2 heterocycles. The minimum absolute atomic E-state index is 0.354. The molecule has 1 fully saturated rings. The Balaban J connectivity index is 1.55. The van der Waals surface area contributed by atoms with E-state index in [1.54, 1.807) is 0 Å². The van der Waals surface area contributed by atoms with Crippen LogP contribution in [0.25, 0.3) is 22.9 Å². The summed E-state index contributed by atoms with van der Waals surface area (Å²) in [5.74, 6) is 1.000. The molecule has 5 nitrogen and oxygen atoms in total. The van der Waals surface area contributed by atoms with Crippen LogP contribution in [0.3, 0.4) is 0 Å². The summed E-state index contributed by atoms with van der Waals surface area (Å²) in [6.07, 6.45) is 0. The first-order chi connectivity index (χ1) is 12.4. The third kappa shape index (κ3) is 2.95. The van der Waals surface area contributed by atoms with Crippen molar-refractivity contribution in [1.82, 2.24) is 10.2 Å². The second kappa shape index (κ2) is 6.07. The molecule has 0 amide bonds. The van der Waals surface area contributed by atoms with Crippen molar-refractivity contribution in [1.29, 1.82) is 0 Å². The summed E-state index contributed by atoms with van der Waals surface area (Å²) in [5.41, 5.74) is 2.02. The van der Waals surface area contributed by atoms with Crippen molar-refractivity contribution >= 4 is 12.6 Å². The van der Waals surface area contributed by atoms with Crippen LogP contribution in [0.4, 0.5) is 0 Å². The van der Waals surface area contributed by atoms with Gasteiger partial charge in [-0.2, -0.15) is 0 Å². The molecule has 0 unspecified atom stereocenters. The Labute approximate surface area is 153 Å². The number of benzene rings is 2. The van der Waals surface area contributed by atoms with Crippen LogP contribution in [0, 0.1) is 0 Å². The van der Waals surface area contributed by atoms with E-state index in [-0.39, 0.29) is 18.3 Å². The van der Waals surface area contributed by atoms with Crippen molar-refractivity contribution < 1.29 is 13.7 Å². The highest BCUT2D eigenvalue weighted by Crippen LogP contribution is 2.36. The third-order valence-corrected chi connectivity index (χ3v) is 5.13. The van der Waals surface area contributed by atoms with Crippen LogP contribution in [0.15, 0.2) is 59.0 Å². The van der Waals surface area contributed by atoms with E-state index < -0.39 is 0 Å². The number of nitrogens with zero attached hydrogens (tertiary/aromatic N) is 2. The van der Waals surface area contributed by atoms with Gasteiger partial charge < -0.3 is 13.7 Å². The highest BCUT2D eigenvalue weighted by molar-refractivity contribution is 6.62. The van der Waals surface area contributed by atoms with Crippen LogP contribution in [-0.2, 0) is 9.31 Å². The van der Waals surface area contributed by atoms with Gasteiger partial charge in [-0.1, -0.05) is 30.3 Å². The van der Waals surface area contributed by atoms with Gasteiger partial charge in [0.25, 0.3) is 0 Å². The van der Waals surface area contributed by atoms with E-state index in [4.69, 9.17) is 13.7 Å². The van der Waals surface area contributed by atoms with Gasteiger partial charge >= 0.3 is 7.12 Å². The standard InChI is InChI=1S/C20H21BN2O3/c1-19(2)20(3,4)26-21(25-19)16-12-10-15(11-13-16)18-23-22-17(24-18)14-8-6-5-7-9-14/h5-13H,1-4H3. The molecule has 6 heteroatoms. The Morgan fingerprint density at radius 1 is 0.692 bits per heavy atom. The SMILES string of the molecule is CC1(C)OB(c2ccc(-c3nnc(-c4ccccc4)o3)cc2)OC1(C)C. The molecule has 1 aromatic heterocycles. The zero-order valence-electron chi connectivity index (χ0n) is 15.4. The lowest BCUT2D eigenvalue weighted by atomic mass is 9.79. The number of aromatic nitrogens is 2. The number of hydrogen-bond donors (Lipinski definition) is 0. The third-order valence-electron chi connectivity index (χ3n) is 5.13.